The second-order valence-electron chi connectivity index (χ2n) is 12.4. The van der Waals surface area contributed by atoms with Gasteiger partial charge in [0.25, 0.3) is 0 Å². The first-order chi connectivity index (χ1) is 21.3. The van der Waals surface area contributed by atoms with E-state index in [-0.39, 0.29) is 5.92 Å². The summed E-state index contributed by atoms with van der Waals surface area (Å²) in [5.74, 6) is 3.89. The first kappa shape index (κ1) is 25.5. The average molecular weight is 576 g/mol. The van der Waals surface area contributed by atoms with Gasteiger partial charge in [-0.05, 0) is 65.5 Å². The van der Waals surface area contributed by atoms with Gasteiger partial charge in [-0.1, -0.05) is 109 Å². The maximum Gasteiger partial charge on any atom is 0.163 e. The monoisotopic (exact) mass is 575 g/mol. The topological polar surface area (TPSA) is 38.7 Å². The van der Waals surface area contributed by atoms with Crippen molar-refractivity contribution >= 4 is 17.3 Å². The Balaban J connectivity index is 1.16. The third kappa shape index (κ3) is 4.30. The molecule has 0 bridgehead atoms. The molecule has 5 atom stereocenters. The summed E-state index contributed by atoms with van der Waals surface area (Å²) in [6.07, 6.45) is 35.7. The summed E-state index contributed by atoms with van der Waals surface area (Å²) in [6, 6.07) is 10.4. The van der Waals surface area contributed by atoms with Gasteiger partial charge in [-0.25, -0.2) is 15.0 Å². The fraction of sp³-hybridized carbons (Fsp3) is 0.256. The number of hydrogen-bond donors (Lipinski definition) is 0. The van der Waals surface area contributed by atoms with Crippen molar-refractivity contribution in [2.45, 2.75) is 43.3 Å². The highest BCUT2D eigenvalue weighted by Gasteiger charge is 2.40. The van der Waals surface area contributed by atoms with Crippen molar-refractivity contribution in [2.75, 3.05) is 0 Å². The van der Waals surface area contributed by atoms with Crippen molar-refractivity contribution in [2.24, 2.45) is 17.8 Å². The van der Waals surface area contributed by atoms with Gasteiger partial charge in [0, 0.05) is 39.4 Å². The molecule has 2 heterocycles. The lowest BCUT2D eigenvalue weighted by Gasteiger charge is -2.37. The molecular formula is C39H33N3S. The molecule has 6 aliphatic carbocycles. The fourth-order valence-corrected chi connectivity index (χ4v) is 9.34. The smallest absolute Gasteiger partial charge is 0.163 e. The van der Waals surface area contributed by atoms with Crippen LogP contribution in [0.15, 0.2) is 142 Å². The summed E-state index contributed by atoms with van der Waals surface area (Å²) in [4.78, 5) is 17.1. The van der Waals surface area contributed by atoms with Crippen LogP contribution in [-0.2, 0) is 0 Å². The number of aromatic nitrogens is 3. The maximum absolute atomic E-state index is 5.34. The third-order valence-corrected chi connectivity index (χ3v) is 11.3. The Bertz CT molecular complexity index is 1840. The van der Waals surface area contributed by atoms with E-state index in [0.717, 1.165) is 55.1 Å². The Morgan fingerprint density at radius 2 is 1.56 bits per heavy atom. The molecule has 4 heteroatoms. The van der Waals surface area contributed by atoms with Gasteiger partial charge in [0.15, 0.2) is 11.6 Å². The minimum atomic E-state index is 0.160. The standard InChI is InChI=1S/C39H33N3S/c1-2-10-27(11-3-1)37-40-38(42-39(41-37)31-14-8-16-34-36(31)30-13-6-7-15-33(30)43-34)28-22-19-25-18-21-26-20-17-24-9-4-5-12-29(24)35(26)32(25)23-28/h1-3,5-8,10-13,15-18,20-21,23,26,30-31,33,35H,4,9,14,19,22H2. The zero-order valence-corrected chi connectivity index (χ0v) is 24.9. The number of allylic oxidation sites excluding steroid dienone is 18. The van der Waals surface area contributed by atoms with Crippen molar-refractivity contribution in [1.82, 2.24) is 15.0 Å². The van der Waals surface area contributed by atoms with E-state index in [2.05, 4.69) is 109 Å². The Morgan fingerprint density at radius 1 is 0.721 bits per heavy atom. The molecule has 0 spiro atoms. The number of nitrogens with zero attached hydrogens (tertiary/aromatic N) is 3. The van der Waals surface area contributed by atoms with Crippen molar-refractivity contribution in [3.05, 3.63) is 154 Å². The SMILES string of the molecule is C1=CC2SC3=C(C(c4nc(C5=CC6=C(C=CC7C=CC8=C(C=CCC8)C67)CC5)nc(-c5ccccc5)n4)CC=C3)C2C=C1. The van der Waals surface area contributed by atoms with E-state index in [0.29, 0.717) is 23.0 Å². The van der Waals surface area contributed by atoms with Gasteiger partial charge < -0.3 is 0 Å². The molecule has 1 aromatic carbocycles. The van der Waals surface area contributed by atoms with Gasteiger partial charge in [0.1, 0.15) is 5.82 Å². The van der Waals surface area contributed by atoms with Gasteiger partial charge in [0.2, 0.25) is 0 Å². The van der Waals surface area contributed by atoms with Crippen LogP contribution in [-0.4, -0.2) is 20.2 Å². The Hall–Kier alpha value is -4.02. The fourth-order valence-electron chi connectivity index (χ4n) is 7.91. The Kier molecular flexibility index (Phi) is 6.11. The van der Waals surface area contributed by atoms with Crippen molar-refractivity contribution in [3.8, 4) is 11.4 Å². The summed E-state index contributed by atoms with van der Waals surface area (Å²) >= 11 is 1.99. The van der Waals surface area contributed by atoms with Gasteiger partial charge >= 0.3 is 0 Å². The van der Waals surface area contributed by atoms with Crippen molar-refractivity contribution in [3.63, 3.8) is 0 Å². The van der Waals surface area contributed by atoms with Crippen LogP contribution in [0, 0.1) is 17.8 Å². The molecule has 7 aliphatic rings. The van der Waals surface area contributed by atoms with Crippen LogP contribution in [0.3, 0.4) is 0 Å². The largest absolute Gasteiger partial charge is 0.213 e. The first-order valence-corrected chi connectivity index (χ1v) is 16.6. The van der Waals surface area contributed by atoms with E-state index < -0.39 is 0 Å². The number of fused-ring (bicyclic) bond motifs is 5. The molecular weight excluding hydrogens is 543 g/mol. The summed E-state index contributed by atoms with van der Waals surface area (Å²) in [7, 11) is 0. The molecule has 210 valence electrons. The zero-order valence-electron chi connectivity index (χ0n) is 24.1. The van der Waals surface area contributed by atoms with Crippen LogP contribution in [0.4, 0.5) is 0 Å². The quantitative estimate of drug-likeness (QED) is 0.366. The lowest BCUT2D eigenvalue weighted by molar-refractivity contribution is 0.586. The van der Waals surface area contributed by atoms with Gasteiger partial charge in [-0.3, -0.25) is 0 Å². The minimum Gasteiger partial charge on any atom is -0.213 e. The predicted molar refractivity (Wildman–Crippen MR) is 177 cm³/mol. The van der Waals surface area contributed by atoms with E-state index in [1.54, 1.807) is 0 Å². The van der Waals surface area contributed by atoms with E-state index in [1.807, 2.05) is 11.8 Å². The molecule has 0 saturated carbocycles. The predicted octanol–water partition coefficient (Wildman–Crippen LogP) is 9.19. The number of benzene rings is 1. The van der Waals surface area contributed by atoms with Crippen LogP contribution < -0.4 is 0 Å². The van der Waals surface area contributed by atoms with Crippen molar-refractivity contribution < 1.29 is 0 Å². The summed E-state index contributed by atoms with van der Waals surface area (Å²) in [5, 5.41) is 0.464. The average Bonchev–Trinajstić information content (AvgIpc) is 3.47. The third-order valence-electron chi connectivity index (χ3n) is 10.00. The summed E-state index contributed by atoms with van der Waals surface area (Å²) < 4.78 is 0. The highest BCUT2D eigenvalue weighted by Crippen LogP contribution is 2.53. The van der Waals surface area contributed by atoms with Crippen molar-refractivity contribution in [1.29, 1.82) is 0 Å². The first-order valence-electron chi connectivity index (χ1n) is 15.7. The lowest BCUT2D eigenvalue weighted by Crippen LogP contribution is -2.25. The molecule has 0 N–H and O–H groups in total. The van der Waals surface area contributed by atoms with E-state index in [1.165, 1.54) is 38.3 Å². The molecule has 0 saturated heterocycles. The number of hydrogen-bond acceptors (Lipinski definition) is 4. The summed E-state index contributed by atoms with van der Waals surface area (Å²) in [6.45, 7) is 0. The normalized spacial score (nSPS) is 29.8. The highest BCUT2D eigenvalue weighted by atomic mass is 32.2. The molecule has 2 aromatic rings. The molecule has 9 rings (SSSR count). The van der Waals surface area contributed by atoms with E-state index in [9.17, 15) is 0 Å². The molecule has 43 heavy (non-hydrogen) atoms. The molecule has 5 unspecified atom stereocenters. The molecule has 0 amide bonds. The molecule has 0 radical (unpaired) electrons. The summed E-state index contributed by atoms with van der Waals surface area (Å²) in [5.41, 5.74) is 9.71. The zero-order chi connectivity index (χ0) is 28.3. The minimum absolute atomic E-state index is 0.160. The molecule has 1 aliphatic heterocycles. The molecule has 3 nitrogen and oxygen atoms in total. The van der Waals surface area contributed by atoms with Gasteiger partial charge in [0.05, 0.1) is 0 Å². The van der Waals surface area contributed by atoms with Crippen LogP contribution >= 0.6 is 11.8 Å². The Labute approximate surface area is 257 Å². The highest BCUT2D eigenvalue weighted by molar-refractivity contribution is 8.04. The van der Waals surface area contributed by atoms with Crippen LogP contribution in [0.5, 0.6) is 0 Å². The second-order valence-corrected chi connectivity index (χ2v) is 13.7. The second kappa shape index (κ2) is 10.3. The molecule has 0 fully saturated rings. The van der Waals surface area contributed by atoms with E-state index >= 15 is 0 Å². The van der Waals surface area contributed by atoms with Gasteiger partial charge in [-0.15, -0.1) is 11.8 Å². The van der Waals surface area contributed by atoms with Gasteiger partial charge in [-0.2, -0.15) is 0 Å². The lowest BCUT2D eigenvalue weighted by atomic mass is 9.67. The Morgan fingerprint density at radius 3 is 2.47 bits per heavy atom. The van der Waals surface area contributed by atoms with Crippen LogP contribution in [0.25, 0.3) is 17.0 Å². The maximum atomic E-state index is 5.34. The number of thioether (sulfide) groups is 1. The van der Waals surface area contributed by atoms with E-state index in [4.69, 9.17) is 15.0 Å². The molecule has 1 aromatic heterocycles. The van der Waals surface area contributed by atoms with Crippen LogP contribution in [0.2, 0.25) is 0 Å². The number of rotatable bonds is 3. The van der Waals surface area contributed by atoms with Crippen LogP contribution in [0.1, 0.15) is 49.7 Å².